The van der Waals surface area contributed by atoms with E-state index in [1.165, 1.54) is 0 Å². The molecule has 4 nitrogen and oxygen atoms in total. The van der Waals surface area contributed by atoms with Gasteiger partial charge >= 0.3 is 0 Å². The molecular formula is C14H18ClN3O. The molecule has 0 saturated carbocycles. The molecule has 2 atom stereocenters. The number of ether oxygens (including phenoxy) is 1. The maximum absolute atomic E-state index is 5.89. The van der Waals surface area contributed by atoms with E-state index in [2.05, 4.69) is 27.4 Å². The second kappa shape index (κ2) is 5.49. The molecule has 19 heavy (non-hydrogen) atoms. The lowest BCUT2D eigenvalue weighted by atomic mass is 10.2. The number of rotatable bonds is 3. The van der Waals surface area contributed by atoms with Crippen molar-refractivity contribution in [3.63, 3.8) is 0 Å². The number of pyridine rings is 1. The summed E-state index contributed by atoms with van der Waals surface area (Å²) in [6, 6.07) is 6.45. The Labute approximate surface area is 117 Å². The van der Waals surface area contributed by atoms with Gasteiger partial charge in [0.1, 0.15) is 5.65 Å². The van der Waals surface area contributed by atoms with Gasteiger partial charge in [-0.25, -0.2) is 4.98 Å². The van der Waals surface area contributed by atoms with Crippen LogP contribution in [0.1, 0.15) is 12.6 Å². The molecule has 2 aromatic heterocycles. The number of halogens is 1. The summed E-state index contributed by atoms with van der Waals surface area (Å²) in [5.41, 5.74) is 2.08. The molecule has 3 heterocycles. The largest absolute Gasteiger partial charge is 0.374 e. The van der Waals surface area contributed by atoms with E-state index in [1.54, 1.807) is 0 Å². The molecular weight excluding hydrogens is 262 g/mol. The van der Waals surface area contributed by atoms with E-state index in [9.17, 15) is 0 Å². The van der Waals surface area contributed by atoms with Gasteiger partial charge in [-0.05, 0) is 19.1 Å². The predicted molar refractivity (Wildman–Crippen MR) is 75.5 cm³/mol. The van der Waals surface area contributed by atoms with Gasteiger partial charge < -0.3 is 9.14 Å². The molecule has 0 amide bonds. The maximum atomic E-state index is 5.89. The first-order chi connectivity index (χ1) is 9.26. The molecule has 0 N–H and O–H groups in total. The minimum absolute atomic E-state index is 0.134. The van der Waals surface area contributed by atoms with Crippen LogP contribution in [0, 0.1) is 0 Å². The van der Waals surface area contributed by atoms with Crippen LogP contribution in [0.25, 0.3) is 5.65 Å². The molecule has 0 spiro atoms. The molecule has 0 aliphatic carbocycles. The summed E-state index contributed by atoms with van der Waals surface area (Å²) in [4.78, 5) is 7.03. The smallest absolute Gasteiger partial charge is 0.137 e. The van der Waals surface area contributed by atoms with Gasteiger partial charge in [0.05, 0.1) is 18.4 Å². The molecule has 1 saturated heterocycles. The number of nitrogens with zero attached hydrogens (tertiary/aromatic N) is 3. The summed E-state index contributed by atoms with van der Waals surface area (Å²) in [5, 5.41) is 0. The summed E-state index contributed by atoms with van der Waals surface area (Å²) in [6.07, 6.45) is 4.25. The van der Waals surface area contributed by atoms with Crippen molar-refractivity contribution in [1.29, 1.82) is 0 Å². The van der Waals surface area contributed by atoms with Gasteiger partial charge in [0.25, 0.3) is 0 Å². The van der Waals surface area contributed by atoms with E-state index in [0.29, 0.717) is 11.9 Å². The van der Waals surface area contributed by atoms with Crippen molar-refractivity contribution in [2.45, 2.75) is 25.6 Å². The normalized spacial score (nSPS) is 24.9. The van der Waals surface area contributed by atoms with Gasteiger partial charge in [-0.15, -0.1) is 11.6 Å². The Kier molecular flexibility index (Phi) is 3.73. The Hall–Kier alpha value is -1.10. The minimum Gasteiger partial charge on any atom is -0.374 e. The molecule has 1 fully saturated rings. The highest BCUT2D eigenvalue weighted by atomic mass is 35.5. The average molecular weight is 280 g/mol. The van der Waals surface area contributed by atoms with Crippen LogP contribution in [0.2, 0.25) is 0 Å². The van der Waals surface area contributed by atoms with E-state index >= 15 is 0 Å². The van der Waals surface area contributed by atoms with Crippen molar-refractivity contribution >= 4 is 17.2 Å². The highest BCUT2D eigenvalue weighted by molar-refractivity contribution is 6.18. The fraction of sp³-hybridized carbons (Fsp3) is 0.500. The van der Waals surface area contributed by atoms with Crippen LogP contribution in [0.4, 0.5) is 0 Å². The number of hydrogen-bond acceptors (Lipinski definition) is 3. The lowest BCUT2D eigenvalue weighted by Gasteiger charge is -2.36. The van der Waals surface area contributed by atoms with Crippen LogP contribution < -0.4 is 0 Å². The van der Waals surface area contributed by atoms with Crippen LogP contribution in [-0.2, 0) is 11.3 Å². The molecule has 1 aliphatic rings. The summed E-state index contributed by atoms with van der Waals surface area (Å²) < 4.78 is 7.72. The minimum atomic E-state index is 0.134. The predicted octanol–water partition coefficient (Wildman–Crippen LogP) is 2.16. The number of aromatic nitrogens is 2. The zero-order valence-electron chi connectivity index (χ0n) is 11.0. The van der Waals surface area contributed by atoms with E-state index in [-0.39, 0.29) is 6.10 Å². The number of fused-ring (bicyclic) bond motifs is 1. The molecule has 5 heteroatoms. The van der Waals surface area contributed by atoms with Crippen LogP contribution >= 0.6 is 11.6 Å². The Bertz CT molecular complexity index is 523. The van der Waals surface area contributed by atoms with E-state index in [1.807, 2.05) is 24.4 Å². The van der Waals surface area contributed by atoms with Crippen LogP contribution in [-0.4, -0.2) is 45.5 Å². The van der Waals surface area contributed by atoms with Crippen molar-refractivity contribution < 1.29 is 4.74 Å². The van der Waals surface area contributed by atoms with Crippen molar-refractivity contribution in [3.05, 3.63) is 36.3 Å². The fourth-order valence-electron chi connectivity index (χ4n) is 2.46. The second-order valence-electron chi connectivity index (χ2n) is 5.09. The quantitative estimate of drug-likeness (QED) is 0.807. The Balaban J connectivity index is 1.75. The van der Waals surface area contributed by atoms with Crippen LogP contribution in [0.5, 0.6) is 0 Å². The van der Waals surface area contributed by atoms with Gasteiger partial charge in [-0.1, -0.05) is 6.07 Å². The zero-order valence-corrected chi connectivity index (χ0v) is 11.8. The molecule has 0 aromatic carbocycles. The summed E-state index contributed by atoms with van der Waals surface area (Å²) >= 11 is 5.89. The van der Waals surface area contributed by atoms with E-state index in [4.69, 9.17) is 16.3 Å². The first-order valence-electron chi connectivity index (χ1n) is 6.60. The van der Waals surface area contributed by atoms with Gasteiger partial charge in [-0.2, -0.15) is 0 Å². The third-order valence-corrected chi connectivity index (χ3v) is 3.93. The molecule has 3 rings (SSSR count). The highest BCUT2D eigenvalue weighted by Crippen LogP contribution is 2.16. The zero-order chi connectivity index (χ0) is 13.2. The average Bonchev–Trinajstić information content (AvgIpc) is 2.83. The highest BCUT2D eigenvalue weighted by Gasteiger charge is 2.26. The number of hydrogen-bond donors (Lipinski definition) is 0. The SMILES string of the molecule is CC1COC(CCl)CN1Cc1cn2ccccc2n1. The third-order valence-electron chi connectivity index (χ3n) is 3.59. The number of imidazole rings is 1. The van der Waals surface area contributed by atoms with Crippen molar-refractivity contribution in [2.75, 3.05) is 19.0 Å². The lowest BCUT2D eigenvalue weighted by Crippen LogP contribution is -2.48. The van der Waals surface area contributed by atoms with Gasteiger partial charge in [0.15, 0.2) is 0 Å². The van der Waals surface area contributed by atoms with Crippen LogP contribution in [0.15, 0.2) is 30.6 Å². The molecule has 2 aromatic rings. The van der Waals surface area contributed by atoms with Gasteiger partial charge in [0.2, 0.25) is 0 Å². The molecule has 0 radical (unpaired) electrons. The number of morpholine rings is 1. The molecule has 102 valence electrons. The fourth-order valence-corrected chi connectivity index (χ4v) is 2.65. The molecule has 1 aliphatic heterocycles. The summed E-state index contributed by atoms with van der Waals surface area (Å²) in [5.74, 6) is 0.550. The topological polar surface area (TPSA) is 29.8 Å². The van der Waals surface area contributed by atoms with Gasteiger partial charge in [0, 0.05) is 37.4 Å². The summed E-state index contributed by atoms with van der Waals surface area (Å²) in [7, 11) is 0. The van der Waals surface area contributed by atoms with Gasteiger partial charge in [-0.3, -0.25) is 4.90 Å². The molecule has 0 bridgehead atoms. The standard InChI is InChI=1S/C14H18ClN3O/c1-11-10-19-13(6-15)9-18(11)8-12-7-17-5-3-2-4-14(17)16-12/h2-5,7,11,13H,6,8-10H2,1H3. The first-order valence-corrected chi connectivity index (χ1v) is 7.14. The molecule has 2 unspecified atom stereocenters. The summed E-state index contributed by atoms with van der Waals surface area (Å²) in [6.45, 7) is 4.64. The maximum Gasteiger partial charge on any atom is 0.137 e. The Morgan fingerprint density at radius 1 is 1.47 bits per heavy atom. The van der Waals surface area contributed by atoms with E-state index < -0.39 is 0 Å². The number of alkyl halides is 1. The first kappa shape index (κ1) is 12.9. The van der Waals surface area contributed by atoms with Crippen LogP contribution in [0.3, 0.4) is 0 Å². The Morgan fingerprint density at radius 3 is 3.16 bits per heavy atom. The monoisotopic (exact) mass is 279 g/mol. The second-order valence-corrected chi connectivity index (χ2v) is 5.40. The van der Waals surface area contributed by atoms with E-state index in [0.717, 1.165) is 31.0 Å². The van der Waals surface area contributed by atoms with Crippen molar-refractivity contribution in [2.24, 2.45) is 0 Å². The van der Waals surface area contributed by atoms with Crippen molar-refractivity contribution in [1.82, 2.24) is 14.3 Å². The van der Waals surface area contributed by atoms with Crippen molar-refractivity contribution in [3.8, 4) is 0 Å². The lowest BCUT2D eigenvalue weighted by molar-refractivity contribution is -0.0514. The Morgan fingerprint density at radius 2 is 2.37 bits per heavy atom. The third kappa shape index (κ3) is 2.76.